The Labute approximate surface area is 96.5 Å². The van der Waals surface area contributed by atoms with Gasteiger partial charge in [-0.2, -0.15) is 0 Å². The van der Waals surface area contributed by atoms with Gasteiger partial charge >= 0.3 is 0 Å². The Kier molecular flexibility index (Phi) is 2.89. The molecule has 1 aromatic carbocycles. The Bertz CT molecular complexity index is 382. The summed E-state index contributed by atoms with van der Waals surface area (Å²) in [6.45, 7) is 3.24. The second-order valence-corrected chi connectivity index (χ2v) is 4.92. The molecule has 1 unspecified atom stereocenters. The van der Waals surface area contributed by atoms with Crippen molar-refractivity contribution in [3.63, 3.8) is 0 Å². The fraction of sp³-hybridized carbons (Fsp3) is 0.538. The van der Waals surface area contributed by atoms with Crippen LogP contribution in [0.5, 0.6) is 0 Å². The van der Waals surface area contributed by atoms with E-state index in [4.69, 9.17) is 0 Å². The van der Waals surface area contributed by atoms with Crippen LogP contribution in [0.2, 0.25) is 0 Å². The maximum atomic E-state index is 13.3. The number of nitrogens with zero attached hydrogens (tertiary/aromatic N) is 1. The lowest BCUT2D eigenvalue weighted by Gasteiger charge is -2.30. The zero-order valence-electron chi connectivity index (χ0n) is 10.2. The monoisotopic (exact) mass is 222 g/mol. The number of anilines is 1. The van der Waals surface area contributed by atoms with E-state index in [0.29, 0.717) is 0 Å². The summed E-state index contributed by atoms with van der Waals surface area (Å²) in [5.74, 6) is -0.172. The maximum absolute atomic E-state index is 13.3. The van der Waals surface area contributed by atoms with Crippen molar-refractivity contribution in [3.8, 4) is 0 Å². The SMILES string of the molecule is CN(C)c1cc(F)ccc1C1(C)CCCN1. The highest BCUT2D eigenvalue weighted by Gasteiger charge is 2.32. The van der Waals surface area contributed by atoms with E-state index in [1.165, 1.54) is 12.0 Å². The van der Waals surface area contributed by atoms with Gasteiger partial charge in [0.05, 0.1) is 0 Å². The van der Waals surface area contributed by atoms with Crippen LogP contribution in [0.1, 0.15) is 25.3 Å². The molecule has 1 heterocycles. The summed E-state index contributed by atoms with van der Waals surface area (Å²) in [5.41, 5.74) is 2.15. The van der Waals surface area contributed by atoms with Gasteiger partial charge in [0.1, 0.15) is 5.82 Å². The van der Waals surface area contributed by atoms with Crippen molar-refractivity contribution >= 4 is 5.69 Å². The molecule has 2 nitrogen and oxygen atoms in total. The van der Waals surface area contributed by atoms with Gasteiger partial charge in [-0.25, -0.2) is 4.39 Å². The summed E-state index contributed by atoms with van der Waals surface area (Å²) in [5, 5.41) is 3.51. The highest BCUT2D eigenvalue weighted by atomic mass is 19.1. The van der Waals surface area contributed by atoms with E-state index < -0.39 is 0 Å². The largest absolute Gasteiger partial charge is 0.377 e. The maximum Gasteiger partial charge on any atom is 0.125 e. The van der Waals surface area contributed by atoms with E-state index in [0.717, 1.165) is 18.7 Å². The number of hydrogen-bond acceptors (Lipinski definition) is 2. The zero-order chi connectivity index (χ0) is 11.8. The molecule has 1 fully saturated rings. The molecule has 0 amide bonds. The third-order valence-electron chi connectivity index (χ3n) is 3.40. The minimum absolute atomic E-state index is 0.00664. The molecule has 88 valence electrons. The Morgan fingerprint density at radius 3 is 2.69 bits per heavy atom. The molecular formula is C13H19FN2. The van der Waals surface area contributed by atoms with Crippen LogP contribution in [-0.2, 0) is 5.54 Å². The van der Waals surface area contributed by atoms with Crippen LogP contribution in [0, 0.1) is 5.82 Å². The Morgan fingerprint density at radius 1 is 1.38 bits per heavy atom. The first-order valence-electron chi connectivity index (χ1n) is 5.75. The molecule has 0 aromatic heterocycles. The second-order valence-electron chi connectivity index (χ2n) is 4.92. The number of benzene rings is 1. The van der Waals surface area contributed by atoms with Crippen LogP contribution in [0.15, 0.2) is 18.2 Å². The average Bonchev–Trinajstić information content (AvgIpc) is 2.66. The molecule has 0 saturated carbocycles. The molecule has 0 bridgehead atoms. The van der Waals surface area contributed by atoms with Crippen molar-refractivity contribution < 1.29 is 4.39 Å². The van der Waals surface area contributed by atoms with Crippen molar-refractivity contribution in [2.24, 2.45) is 0 Å². The fourth-order valence-electron chi connectivity index (χ4n) is 2.47. The summed E-state index contributed by atoms with van der Waals surface area (Å²) in [7, 11) is 3.91. The van der Waals surface area contributed by atoms with E-state index in [1.807, 2.05) is 25.1 Å². The Morgan fingerprint density at radius 2 is 2.12 bits per heavy atom. The second kappa shape index (κ2) is 4.06. The normalized spacial score (nSPS) is 24.8. The van der Waals surface area contributed by atoms with Gasteiger partial charge in [0.15, 0.2) is 0 Å². The molecule has 3 heteroatoms. The van der Waals surface area contributed by atoms with E-state index in [-0.39, 0.29) is 11.4 Å². The van der Waals surface area contributed by atoms with E-state index in [2.05, 4.69) is 12.2 Å². The first-order chi connectivity index (χ1) is 7.53. The number of nitrogens with one attached hydrogen (secondary N) is 1. The lowest BCUT2D eigenvalue weighted by atomic mass is 9.89. The molecule has 1 saturated heterocycles. The first-order valence-corrected chi connectivity index (χ1v) is 5.75. The van der Waals surface area contributed by atoms with Crippen LogP contribution in [0.25, 0.3) is 0 Å². The van der Waals surface area contributed by atoms with Crippen LogP contribution in [0.3, 0.4) is 0 Å². The lowest BCUT2D eigenvalue weighted by molar-refractivity contribution is 0.434. The first kappa shape index (κ1) is 11.4. The summed E-state index contributed by atoms with van der Waals surface area (Å²) >= 11 is 0. The van der Waals surface area contributed by atoms with Crippen molar-refractivity contribution in [1.29, 1.82) is 0 Å². The molecule has 0 aliphatic carbocycles. The van der Waals surface area contributed by atoms with Crippen molar-refractivity contribution in [2.75, 3.05) is 25.5 Å². The zero-order valence-corrected chi connectivity index (χ0v) is 10.2. The molecule has 2 rings (SSSR count). The van der Waals surface area contributed by atoms with Gasteiger partial charge in [-0.05, 0) is 44.0 Å². The third-order valence-corrected chi connectivity index (χ3v) is 3.40. The number of halogens is 1. The molecule has 16 heavy (non-hydrogen) atoms. The topological polar surface area (TPSA) is 15.3 Å². The molecule has 1 aliphatic heterocycles. The number of rotatable bonds is 2. The molecule has 1 aliphatic rings. The predicted octanol–water partition coefficient (Wildman–Crippen LogP) is 2.49. The van der Waals surface area contributed by atoms with Gasteiger partial charge in [0, 0.05) is 25.3 Å². The number of hydrogen-bond donors (Lipinski definition) is 1. The Balaban J connectivity index is 2.47. The lowest BCUT2D eigenvalue weighted by Crippen LogP contribution is -2.34. The molecule has 1 N–H and O–H groups in total. The molecular weight excluding hydrogens is 203 g/mol. The standard InChI is InChI=1S/C13H19FN2/c1-13(7-4-8-15-13)11-6-5-10(14)9-12(11)16(2)3/h5-6,9,15H,4,7-8H2,1-3H3. The Hall–Kier alpha value is -1.09. The summed E-state index contributed by atoms with van der Waals surface area (Å²) in [6.07, 6.45) is 2.29. The summed E-state index contributed by atoms with van der Waals surface area (Å²) < 4.78 is 13.3. The minimum atomic E-state index is -0.172. The van der Waals surface area contributed by atoms with E-state index in [9.17, 15) is 4.39 Å². The van der Waals surface area contributed by atoms with Crippen LogP contribution in [0.4, 0.5) is 10.1 Å². The van der Waals surface area contributed by atoms with Gasteiger partial charge in [0.25, 0.3) is 0 Å². The predicted molar refractivity (Wildman–Crippen MR) is 65.3 cm³/mol. The average molecular weight is 222 g/mol. The van der Waals surface area contributed by atoms with Crippen LogP contribution < -0.4 is 10.2 Å². The van der Waals surface area contributed by atoms with Crippen LogP contribution in [-0.4, -0.2) is 20.6 Å². The van der Waals surface area contributed by atoms with E-state index >= 15 is 0 Å². The van der Waals surface area contributed by atoms with Gasteiger partial charge in [-0.15, -0.1) is 0 Å². The molecule has 1 atom stereocenters. The van der Waals surface area contributed by atoms with Gasteiger partial charge in [-0.3, -0.25) is 0 Å². The quantitative estimate of drug-likeness (QED) is 0.827. The highest BCUT2D eigenvalue weighted by Crippen LogP contribution is 2.36. The smallest absolute Gasteiger partial charge is 0.125 e. The minimum Gasteiger partial charge on any atom is -0.377 e. The summed E-state index contributed by atoms with van der Waals surface area (Å²) in [4.78, 5) is 1.98. The third kappa shape index (κ3) is 1.92. The van der Waals surface area contributed by atoms with Crippen molar-refractivity contribution in [1.82, 2.24) is 5.32 Å². The molecule has 1 aromatic rings. The summed E-state index contributed by atoms with van der Waals surface area (Å²) in [6, 6.07) is 5.07. The van der Waals surface area contributed by atoms with Gasteiger partial charge < -0.3 is 10.2 Å². The fourth-order valence-corrected chi connectivity index (χ4v) is 2.47. The van der Waals surface area contributed by atoms with Crippen LogP contribution >= 0.6 is 0 Å². The highest BCUT2D eigenvalue weighted by molar-refractivity contribution is 5.56. The van der Waals surface area contributed by atoms with Crippen molar-refractivity contribution in [2.45, 2.75) is 25.3 Å². The van der Waals surface area contributed by atoms with Gasteiger partial charge in [-0.1, -0.05) is 6.07 Å². The van der Waals surface area contributed by atoms with Gasteiger partial charge in [0.2, 0.25) is 0 Å². The molecule has 0 radical (unpaired) electrons. The molecule has 0 spiro atoms. The van der Waals surface area contributed by atoms with Crippen molar-refractivity contribution in [3.05, 3.63) is 29.6 Å². The van der Waals surface area contributed by atoms with E-state index in [1.54, 1.807) is 12.1 Å².